The van der Waals surface area contributed by atoms with Gasteiger partial charge in [-0.25, -0.2) is 9.13 Å². The van der Waals surface area contributed by atoms with Gasteiger partial charge >= 0.3 is 39.5 Å². The summed E-state index contributed by atoms with van der Waals surface area (Å²) in [6.07, 6.45) is 37.9. The second kappa shape index (κ2) is 57.0. The molecule has 0 aliphatic heterocycles. The van der Waals surface area contributed by atoms with Gasteiger partial charge in [-0.3, -0.25) is 37.3 Å². The number of aliphatic hydroxyl groups is 1. The number of aliphatic hydroxyl groups excluding tert-OH is 1. The van der Waals surface area contributed by atoms with Crippen LogP contribution in [0.3, 0.4) is 0 Å². The molecule has 3 N–H and O–H groups in total. The number of hydrogen-bond acceptors (Lipinski definition) is 15. The summed E-state index contributed by atoms with van der Waals surface area (Å²) >= 11 is 0. The van der Waals surface area contributed by atoms with Crippen molar-refractivity contribution in [3.8, 4) is 0 Å². The maximum atomic E-state index is 13.0. The van der Waals surface area contributed by atoms with Crippen molar-refractivity contribution in [2.24, 2.45) is 23.7 Å². The number of phosphoric ester groups is 2. The first kappa shape index (κ1) is 84.1. The molecule has 0 radical (unpaired) electrons. The van der Waals surface area contributed by atoms with Crippen LogP contribution >= 0.6 is 15.6 Å². The van der Waals surface area contributed by atoms with Crippen LogP contribution in [-0.4, -0.2) is 96.7 Å². The number of phosphoric acid groups is 2. The van der Waals surface area contributed by atoms with Crippen molar-refractivity contribution in [2.45, 2.75) is 343 Å². The van der Waals surface area contributed by atoms with Crippen molar-refractivity contribution in [1.29, 1.82) is 0 Å². The van der Waals surface area contributed by atoms with E-state index in [1.807, 2.05) is 0 Å². The van der Waals surface area contributed by atoms with E-state index in [1.54, 1.807) is 0 Å². The molecule has 0 amide bonds. The minimum absolute atomic E-state index is 0.100. The number of esters is 4. The van der Waals surface area contributed by atoms with Gasteiger partial charge in [0.25, 0.3) is 0 Å². The summed E-state index contributed by atoms with van der Waals surface area (Å²) in [7, 11) is -9.89. The van der Waals surface area contributed by atoms with Gasteiger partial charge in [0.05, 0.1) is 26.4 Å². The van der Waals surface area contributed by atoms with Crippen LogP contribution in [0.2, 0.25) is 0 Å². The normalized spacial score (nSPS) is 14.4. The number of ether oxygens (including phenoxy) is 4. The monoisotopic (exact) mass is 1270 g/mol. The van der Waals surface area contributed by atoms with E-state index >= 15 is 0 Å². The molecule has 0 bridgehead atoms. The van der Waals surface area contributed by atoms with Crippen LogP contribution in [0.1, 0.15) is 325 Å². The van der Waals surface area contributed by atoms with Crippen LogP contribution in [0, 0.1) is 23.7 Å². The van der Waals surface area contributed by atoms with Gasteiger partial charge in [0.15, 0.2) is 12.2 Å². The van der Waals surface area contributed by atoms with Gasteiger partial charge in [-0.1, -0.05) is 274 Å². The highest BCUT2D eigenvalue weighted by Crippen LogP contribution is 2.45. The average Bonchev–Trinajstić information content (AvgIpc) is 3.61. The Morgan fingerprint density at radius 3 is 0.721 bits per heavy atom. The summed E-state index contributed by atoms with van der Waals surface area (Å²) in [6.45, 7) is 13.9. The summed E-state index contributed by atoms with van der Waals surface area (Å²) in [5, 5.41) is 10.5. The molecule has 86 heavy (non-hydrogen) atoms. The molecule has 0 aliphatic carbocycles. The van der Waals surface area contributed by atoms with Crippen LogP contribution in [0.15, 0.2) is 0 Å². The Hall–Kier alpha value is -1.94. The van der Waals surface area contributed by atoms with E-state index < -0.39 is 97.5 Å². The molecule has 2 unspecified atom stereocenters. The molecule has 0 fully saturated rings. The molecule has 19 heteroatoms. The molecule has 0 heterocycles. The van der Waals surface area contributed by atoms with Crippen LogP contribution < -0.4 is 0 Å². The highest BCUT2D eigenvalue weighted by Gasteiger charge is 2.30. The third kappa shape index (κ3) is 60.9. The lowest BCUT2D eigenvalue weighted by Crippen LogP contribution is -2.30. The molecule has 510 valence electrons. The van der Waals surface area contributed by atoms with Gasteiger partial charge in [0.1, 0.15) is 19.3 Å². The SMILES string of the molecule is CC(C)CCCCCCCCCCCCCCCC(=O)O[C@H](COC(=O)CCCCCCCCCCCC(C)C)COP(=O)(O)OC[C@@H](O)COP(=O)(O)OC[C@@H](COC(=O)CCCCCCCCC(C)C)OC(=O)CCCCCCCCC(C)C. The number of rotatable bonds is 64. The number of carbonyl (C=O) groups excluding carboxylic acids is 4. The third-order valence-electron chi connectivity index (χ3n) is 15.3. The second-order valence-corrected chi connectivity index (χ2v) is 29.0. The van der Waals surface area contributed by atoms with E-state index in [1.165, 1.54) is 122 Å². The quantitative estimate of drug-likeness (QED) is 0.0222. The molecule has 0 aromatic heterocycles. The van der Waals surface area contributed by atoms with Gasteiger partial charge in [-0.2, -0.15) is 0 Å². The summed E-state index contributed by atoms with van der Waals surface area (Å²) in [6, 6.07) is 0. The zero-order valence-corrected chi connectivity index (χ0v) is 57.7. The third-order valence-corrected chi connectivity index (χ3v) is 17.2. The van der Waals surface area contributed by atoms with Crippen molar-refractivity contribution < 1.29 is 80.2 Å². The molecule has 0 saturated carbocycles. The average molecular weight is 1270 g/mol. The standard InChI is InChI=1S/C67H130O17P2/c1-57(2)43-35-27-19-15-12-10-9-11-13-17-22-33-41-49-66(71)83-62(53-77-64(69)47-39-31-21-18-14-16-20-28-36-44-58(3)4)55-81-85(73,74)79-51-61(68)52-80-86(75,76)82-56-63(84-67(72)50-42-34-26-24-30-38-46-60(7)8)54-78-65(70)48-40-32-25-23-29-37-45-59(5)6/h57-63,68H,9-56H2,1-8H3,(H,73,74)(H,75,76)/t61-,62-,63-/m1/s1. The van der Waals surface area contributed by atoms with Crippen molar-refractivity contribution >= 4 is 39.5 Å². The van der Waals surface area contributed by atoms with Crippen molar-refractivity contribution in [2.75, 3.05) is 39.6 Å². The van der Waals surface area contributed by atoms with E-state index in [0.29, 0.717) is 37.5 Å². The molecule has 5 atom stereocenters. The van der Waals surface area contributed by atoms with Crippen LogP contribution in [0.4, 0.5) is 0 Å². The minimum atomic E-state index is -4.95. The fourth-order valence-electron chi connectivity index (χ4n) is 9.96. The first-order chi connectivity index (χ1) is 41.1. The van der Waals surface area contributed by atoms with Gasteiger partial charge < -0.3 is 33.8 Å². The topological polar surface area (TPSA) is 237 Å². The number of carbonyl (C=O) groups is 4. The Labute approximate surface area is 524 Å². The summed E-state index contributed by atoms with van der Waals surface area (Å²) in [4.78, 5) is 72.3. The molecular weight excluding hydrogens is 1140 g/mol. The number of unbranched alkanes of at least 4 members (excludes halogenated alkanes) is 30. The van der Waals surface area contributed by atoms with E-state index in [2.05, 4.69) is 55.4 Å². The summed E-state index contributed by atoms with van der Waals surface area (Å²) in [5.74, 6) is 0.740. The summed E-state index contributed by atoms with van der Waals surface area (Å²) in [5.41, 5.74) is 0. The first-order valence-electron chi connectivity index (χ1n) is 34.7. The number of hydrogen-bond donors (Lipinski definition) is 3. The molecule has 17 nitrogen and oxygen atoms in total. The Morgan fingerprint density at radius 2 is 0.488 bits per heavy atom. The molecule has 0 rings (SSSR count). The molecule has 0 spiro atoms. The van der Waals surface area contributed by atoms with Crippen molar-refractivity contribution in [1.82, 2.24) is 0 Å². The molecule has 0 aliphatic rings. The maximum absolute atomic E-state index is 13.0. The van der Waals surface area contributed by atoms with Crippen LogP contribution in [0.25, 0.3) is 0 Å². The van der Waals surface area contributed by atoms with E-state index in [9.17, 15) is 43.2 Å². The zero-order valence-electron chi connectivity index (χ0n) is 55.9. The lowest BCUT2D eigenvalue weighted by Gasteiger charge is -2.21. The van der Waals surface area contributed by atoms with Crippen LogP contribution in [0.5, 0.6) is 0 Å². The van der Waals surface area contributed by atoms with Gasteiger partial charge in [0.2, 0.25) is 0 Å². The van der Waals surface area contributed by atoms with Gasteiger partial charge in [0, 0.05) is 25.7 Å². The Kier molecular flexibility index (Phi) is 55.7. The van der Waals surface area contributed by atoms with Crippen molar-refractivity contribution in [3.05, 3.63) is 0 Å². The lowest BCUT2D eigenvalue weighted by atomic mass is 10.0. The predicted molar refractivity (Wildman–Crippen MR) is 344 cm³/mol. The van der Waals surface area contributed by atoms with E-state index in [4.69, 9.17) is 37.0 Å². The van der Waals surface area contributed by atoms with Crippen LogP contribution in [-0.2, 0) is 65.4 Å². The maximum Gasteiger partial charge on any atom is 0.472 e. The predicted octanol–water partition coefficient (Wildman–Crippen LogP) is 18.5. The zero-order chi connectivity index (χ0) is 63.9. The fourth-order valence-corrected chi connectivity index (χ4v) is 11.5. The molecule has 0 saturated heterocycles. The molecule has 0 aromatic carbocycles. The van der Waals surface area contributed by atoms with E-state index in [-0.39, 0.29) is 25.7 Å². The lowest BCUT2D eigenvalue weighted by molar-refractivity contribution is -0.161. The van der Waals surface area contributed by atoms with Crippen molar-refractivity contribution in [3.63, 3.8) is 0 Å². The van der Waals surface area contributed by atoms with E-state index in [0.717, 1.165) is 108 Å². The Balaban J connectivity index is 5.23. The van der Waals surface area contributed by atoms with Gasteiger partial charge in [-0.05, 0) is 49.4 Å². The highest BCUT2D eigenvalue weighted by atomic mass is 31.2. The smallest absolute Gasteiger partial charge is 0.462 e. The first-order valence-corrected chi connectivity index (χ1v) is 37.7. The Morgan fingerprint density at radius 1 is 0.291 bits per heavy atom. The highest BCUT2D eigenvalue weighted by molar-refractivity contribution is 7.47. The molecule has 0 aromatic rings. The minimum Gasteiger partial charge on any atom is -0.462 e. The largest absolute Gasteiger partial charge is 0.472 e. The second-order valence-electron chi connectivity index (χ2n) is 26.1. The molecular formula is C67H130O17P2. The fraction of sp³-hybridized carbons (Fsp3) is 0.940. The summed E-state index contributed by atoms with van der Waals surface area (Å²) < 4.78 is 68.1. The Bertz CT molecular complexity index is 1710. The van der Waals surface area contributed by atoms with Gasteiger partial charge in [-0.15, -0.1) is 0 Å².